The molecule has 0 bridgehead atoms. The number of allylic oxidation sites excluding steroid dienone is 2. The standard InChI is InChI=1S/C16H23N3O5S/c1-4-9-17-13(20)18(10-5-2)15(22)19(14(17)21)11-16(7-6-8-16)12-25(3,23)24/h4-5H,1-2,6-12H2,3H3. The SMILES string of the molecule is C=CCn1c(=O)n(CC=C)c(=O)n(CC2(CS(C)(=O)=O)CCC2)c1=O. The molecular formula is C16H23N3O5S. The van der Waals surface area contributed by atoms with Crippen molar-refractivity contribution in [2.75, 3.05) is 12.0 Å². The van der Waals surface area contributed by atoms with Gasteiger partial charge in [0.2, 0.25) is 0 Å². The lowest BCUT2D eigenvalue weighted by Crippen LogP contribution is -2.57. The maximum absolute atomic E-state index is 12.6. The van der Waals surface area contributed by atoms with Crippen molar-refractivity contribution < 1.29 is 8.42 Å². The number of hydrogen-bond acceptors (Lipinski definition) is 5. The number of rotatable bonds is 8. The average Bonchev–Trinajstić information content (AvgIpc) is 2.48. The van der Waals surface area contributed by atoms with Gasteiger partial charge in [0.15, 0.2) is 0 Å². The van der Waals surface area contributed by atoms with Gasteiger partial charge in [0, 0.05) is 18.2 Å². The molecule has 1 aromatic heterocycles. The minimum atomic E-state index is -3.26. The number of sulfone groups is 1. The second kappa shape index (κ2) is 6.99. The monoisotopic (exact) mass is 369 g/mol. The molecule has 1 fully saturated rings. The van der Waals surface area contributed by atoms with E-state index in [2.05, 4.69) is 13.2 Å². The summed E-state index contributed by atoms with van der Waals surface area (Å²) in [6.07, 6.45) is 6.01. The van der Waals surface area contributed by atoms with E-state index in [1.165, 1.54) is 12.2 Å². The van der Waals surface area contributed by atoms with E-state index in [4.69, 9.17) is 0 Å². The fourth-order valence-electron chi connectivity index (χ4n) is 3.30. The van der Waals surface area contributed by atoms with Gasteiger partial charge in [-0.05, 0) is 12.8 Å². The molecule has 0 radical (unpaired) electrons. The Kier molecular flexibility index (Phi) is 5.36. The fraction of sp³-hybridized carbons (Fsp3) is 0.562. The second-order valence-electron chi connectivity index (χ2n) is 6.66. The second-order valence-corrected chi connectivity index (χ2v) is 8.80. The first kappa shape index (κ1) is 19.2. The summed E-state index contributed by atoms with van der Waals surface area (Å²) in [6.45, 7) is 6.95. The molecule has 2 rings (SSSR count). The normalized spacial score (nSPS) is 16.2. The molecule has 1 aliphatic carbocycles. The van der Waals surface area contributed by atoms with Crippen LogP contribution in [-0.2, 0) is 29.5 Å². The minimum Gasteiger partial charge on any atom is -0.247 e. The lowest BCUT2D eigenvalue weighted by Gasteiger charge is -2.41. The van der Waals surface area contributed by atoms with E-state index >= 15 is 0 Å². The molecule has 1 saturated carbocycles. The summed E-state index contributed by atoms with van der Waals surface area (Å²) in [5.41, 5.74) is -2.85. The van der Waals surface area contributed by atoms with Crippen LogP contribution in [0.2, 0.25) is 0 Å². The molecule has 138 valence electrons. The first-order valence-electron chi connectivity index (χ1n) is 7.98. The summed E-state index contributed by atoms with van der Waals surface area (Å²) >= 11 is 0. The number of aromatic nitrogens is 3. The molecule has 1 aliphatic rings. The summed E-state index contributed by atoms with van der Waals surface area (Å²) in [7, 11) is -3.26. The molecule has 1 aromatic rings. The van der Waals surface area contributed by atoms with Crippen LogP contribution in [0.25, 0.3) is 0 Å². The Morgan fingerprint density at radius 2 is 1.40 bits per heavy atom. The van der Waals surface area contributed by atoms with Gasteiger partial charge in [0.25, 0.3) is 0 Å². The Morgan fingerprint density at radius 1 is 0.960 bits per heavy atom. The predicted molar refractivity (Wildman–Crippen MR) is 95.6 cm³/mol. The molecule has 0 aliphatic heterocycles. The molecular weight excluding hydrogens is 346 g/mol. The van der Waals surface area contributed by atoms with Crippen LogP contribution in [-0.4, -0.2) is 34.1 Å². The first-order chi connectivity index (χ1) is 11.6. The van der Waals surface area contributed by atoms with Gasteiger partial charge in [0.1, 0.15) is 9.84 Å². The van der Waals surface area contributed by atoms with Crippen molar-refractivity contribution in [3.63, 3.8) is 0 Å². The van der Waals surface area contributed by atoms with E-state index in [0.717, 1.165) is 26.4 Å². The topological polar surface area (TPSA) is 100 Å². The molecule has 0 aromatic carbocycles. The summed E-state index contributed by atoms with van der Waals surface area (Å²) in [4.78, 5) is 37.6. The quantitative estimate of drug-likeness (QED) is 0.589. The molecule has 9 heteroatoms. The van der Waals surface area contributed by atoms with Gasteiger partial charge < -0.3 is 0 Å². The molecule has 0 unspecified atom stereocenters. The van der Waals surface area contributed by atoms with Crippen molar-refractivity contribution in [3.8, 4) is 0 Å². The molecule has 0 N–H and O–H groups in total. The van der Waals surface area contributed by atoms with Gasteiger partial charge in [-0.1, -0.05) is 18.6 Å². The third kappa shape index (κ3) is 3.92. The van der Waals surface area contributed by atoms with Crippen molar-refractivity contribution in [2.24, 2.45) is 5.41 Å². The van der Waals surface area contributed by atoms with E-state index in [1.807, 2.05) is 0 Å². The summed E-state index contributed by atoms with van der Waals surface area (Å²) in [5.74, 6) is -0.0894. The van der Waals surface area contributed by atoms with Gasteiger partial charge >= 0.3 is 17.1 Å². The van der Waals surface area contributed by atoms with Gasteiger partial charge in [0.05, 0.1) is 18.8 Å². The highest BCUT2D eigenvalue weighted by atomic mass is 32.2. The fourth-order valence-corrected chi connectivity index (χ4v) is 4.80. The minimum absolute atomic E-state index is 0.0215. The zero-order chi connectivity index (χ0) is 18.8. The summed E-state index contributed by atoms with van der Waals surface area (Å²) < 4.78 is 26.3. The average molecular weight is 369 g/mol. The van der Waals surface area contributed by atoms with Crippen LogP contribution >= 0.6 is 0 Å². The summed E-state index contributed by atoms with van der Waals surface area (Å²) in [6, 6.07) is 0. The highest BCUT2D eigenvalue weighted by Gasteiger charge is 2.41. The maximum atomic E-state index is 12.6. The maximum Gasteiger partial charge on any atom is 0.336 e. The molecule has 1 heterocycles. The van der Waals surface area contributed by atoms with Gasteiger partial charge in [-0.15, -0.1) is 13.2 Å². The van der Waals surface area contributed by atoms with E-state index in [9.17, 15) is 22.8 Å². The van der Waals surface area contributed by atoms with Gasteiger partial charge in [-0.2, -0.15) is 0 Å². The Hall–Kier alpha value is -2.16. The Bertz CT molecular complexity index is 913. The summed E-state index contributed by atoms with van der Waals surface area (Å²) in [5, 5.41) is 0. The predicted octanol–water partition coefficient (Wildman–Crippen LogP) is -0.241. The smallest absolute Gasteiger partial charge is 0.247 e. The van der Waals surface area contributed by atoms with E-state index in [1.54, 1.807) is 0 Å². The first-order valence-corrected chi connectivity index (χ1v) is 10.0. The lowest BCUT2D eigenvalue weighted by atomic mass is 9.70. The molecule has 0 amide bonds. The third-order valence-electron chi connectivity index (χ3n) is 4.48. The van der Waals surface area contributed by atoms with E-state index in [-0.39, 0.29) is 25.4 Å². The Balaban J connectivity index is 2.62. The van der Waals surface area contributed by atoms with E-state index < -0.39 is 32.3 Å². The van der Waals surface area contributed by atoms with Crippen molar-refractivity contribution >= 4 is 9.84 Å². The third-order valence-corrected chi connectivity index (χ3v) is 5.62. The van der Waals surface area contributed by atoms with Crippen LogP contribution in [0.15, 0.2) is 39.7 Å². The molecule has 0 saturated heterocycles. The highest BCUT2D eigenvalue weighted by Crippen LogP contribution is 2.42. The molecule has 25 heavy (non-hydrogen) atoms. The van der Waals surface area contributed by atoms with Crippen LogP contribution < -0.4 is 17.1 Å². The van der Waals surface area contributed by atoms with Crippen LogP contribution in [0.5, 0.6) is 0 Å². The molecule has 8 nitrogen and oxygen atoms in total. The van der Waals surface area contributed by atoms with Crippen LogP contribution in [0.1, 0.15) is 19.3 Å². The van der Waals surface area contributed by atoms with Crippen LogP contribution in [0.4, 0.5) is 0 Å². The molecule has 0 spiro atoms. The largest absolute Gasteiger partial charge is 0.336 e. The van der Waals surface area contributed by atoms with E-state index in [0.29, 0.717) is 12.8 Å². The molecule has 0 atom stereocenters. The zero-order valence-electron chi connectivity index (χ0n) is 14.3. The Labute approximate surface area is 145 Å². The number of hydrogen-bond donors (Lipinski definition) is 0. The number of nitrogens with zero attached hydrogens (tertiary/aromatic N) is 3. The van der Waals surface area contributed by atoms with Crippen molar-refractivity contribution in [2.45, 2.75) is 38.9 Å². The zero-order valence-corrected chi connectivity index (χ0v) is 15.1. The van der Waals surface area contributed by atoms with Gasteiger partial charge in [-0.25, -0.2) is 36.5 Å². The lowest BCUT2D eigenvalue weighted by molar-refractivity contribution is 0.128. The van der Waals surface area contributed by atoms with Gasteiger partial charge in [-0.3, -0.25) is 0 Å². The Morgan fingerprint density at radius 3 is 1.72 bits per heavy atom. The van der Waals surface area contributed by atoms with Crippen molar-refractivity contribution in [3.05, 3.63) is 56.8 Å². The highest BCUT2D eigenvalue weighted by molar-refractivity contribution is 7.90. The van der Waals surface area contributed by atoms with Crippen molar-refractivity contribution in [1.82, 2.24) is 13.7 Å². The van der Waals surface area contributed by atoms with Crippen molar-refractivity contribution in [1.29, 1.82) is 0 Å². The van der Waals surface area contributed by atoms with Crippen LogP contribution in [0.3, 0.4) is 0 Å². The van der Waals surface area contributed by atoms with Crippen LogP contribution in [0, 0.1) is 5.41 Å².